The highest BCUT2D eigenvalue weighted by Crippen LogP contribution is 2.24. The van der Waals surface area contributed by atoms with Gasteiger partial charge in [0, 0.05) is 12.6 Å². The molecule has 2 saturated heterocycles. The van der Waals surface area contributed by atoms with E-state index < -0.39 is 6.04 Å². The maximum absolute atomic E-state index is 12.6. The normalized spacial score (nSPS) is 24.5. The molecule has 0 bridgehead atoms. The largest absolute Gasteiger partial charge is 0.325 e. The lowest BCUT2D eigenvalue weighted by molar-refractivity contribution is -0.127. The zero-order valence-electron chi connectivity index (χ0n) is 14.5. The number of amides is 3. The summed E-state index contributed by atoms with van der Waals surface area (Å²) >= 11 is 0. The summed E-state index contributed by atoms with van der Waals surface area (Å²) < 4.78 is 0. The van der Waals surface area contributed by atoms with Gasteiger partial charge >= 0.3 is 6.03 Å². The minimum atomic E-state index is -0.543. The van der Waals surface area contributed by atoms with E-state index >= 15 is 0 Å². The van der Waals surface area contributed by atoms with Crippen LogP contribution in [0.5, 0.6) is 0 Å². The number of piperidine rings is 1. The molecule has 3 amide bonds. The fourth-order valence-corrected chi connectivity index (χ4v) is 3.49. The van der Waals surface area contributed by atoms with E-state index in [0.717, 1.165) is 24.9 Å². The minimum Gasteiger partial charge on any atom is -0.322 e. The molecule has 2 unspecified atom stereocenters. The molecule has 2 aliphatic heterocycles. The molecule has 2 aliphatic rings. The van der Waals surface area contributed by atoms with Crippen LogP contribution in [-0.2, 0) is 4.79 Å². The van der Waals surface area contributed by atoms with Crippen LogP contribution >= 0.6 is 0 Å². The number of carbonyl (C=O) groups excluding carboxylic acids is 2. The van der Waals surface area contributed by atoms with Crippen LogP contribution in [0.4, 0.5) is 4.79 Å². The van der Waals surface area contributed by atoms with Crippen molar-refractivity contribution < 1.29 is 9.59 Å². The van der Waals surface area contributed by atoms with Crippen molar-refractivity contribution in [1.29, 1.82) is 0 Å². The van der Waals surface area contributed by atoms with Crippen molar-refractivity contribution in [3.05, 3.63) is 35.4 Å². The molecule has 2 fully saturated rings. The molecule has 2 atom stereocenters. The van der Waals surface area contributed by atoms with Gasteiger partial charge in [0.15, 0.2) is 0 Å². The molecule has 130 valence electrons. The maximum atomic E-state index is 12.6. The summed E-state index contributed by atoms with van der Waals surface area (Å²) in [5.41, 5.74) is 2.09. The molecule has 0 spiro atoms. The Labute approximate surface area is 143 Å². The van der Waals surface area contributed by atoms with Crippen molar-refractivity contribution in [2.45, 2.75) is 57.5 Å². The number of benzene rings is 1. The summed E-state index contributed by atoms with van der Waals surface area (Å²) in [5, 5.41) is 6.29. The number of imide groups is 1. The van der Waals surface area contributed by atoms with Gasteiger partial charge in [0.1, 0.15) is 6.04 Å². The van der Waals surface area contributed by atoms with E-state index in [1.165, 1.54) is 23.3 Å². The predicted octanol–water partition coefficient (Wildman–Crippen LogP) is 2.94. The van der Waals surface area contributed by atoms with E-state index in [1.807, 2.05) is 24.3 Å². The molecule has 24 heavy (non-hydrogen) atoms. The summed E-state index contributed by atoms with van der Waals surface area (Å²) in [4.78, 5) is 26.2. The molecule has 2 heterocycles. The van der Waals surface area contributed by atoms with Gasteiger partial charge < -0.3 is 10.6 Å². The quantitative estimate of drug-likeness (QED) is 0.817. The number of hydrogen-bond donors (Lipinski definition) is 2. The van der Waals surface area contributed by atoms with Gasteiger partial charge in [-0.15, -0.1) is 0 Å². The van der Waals surface area contributed by atoms with E-state index in [0.29, 0.717) is 18.5 Å². The second-order valence-corrected chi connectivity index (χ2v) is 7.13. The Bertz CT molecular complexity index is 591. The lowest BCUT2D eigenvalue weighted by Crippen LogP contribution is -2.39. The van der Waals surface area contributed by atoms with Crippen molar-refractivity contribution in [1.82, 2.24) is 15.5 Å². The van der Waals surface area contributed by atoms with Crippen molar-refractivity contribution in [3.8, 4) is 0 Å². The zero-order valence-corrected chi connectivity index (χ0v) is 14.5. The lowest BCUT2D eigenvalue weighted by Gasteiger charge is -2.24. The first-order valence-corrected chi connectivity index (χ1v) is 9.01. The Hall–Kier alpha value is -1.88. The fraction of sp³-hybridized carbons (Fsp3) is 0.579. The van der Waals surface area contributed by atoms with Gasteiger partial charge in [-0.3, -0.25) is 9.69 Å². The number of hydrogen-bond acceptors (Lipinski definition) is 3. The lowest BCUT2D eigenvalue weighted by atomic mass is 9.99. The molecular weight excluding hydrogens is 302 g/mol. The maximum Gasteiger partial charge on any atom is 0.325 e. The Balaban J connectivity index is 1.62. The van der Waals surface area contributed by atoms with E-state index in [2.05, 4.69) is 24.5 Å². The number of urea groups is 1. The summed E-state index contributed by atoms with van der Waals surface area (Å²) in [5.74, 6) is 0.320. The van der Waals surface area contributed by atoms with Crippen LogP contribution in [0.3, 0.4) is 0 Å². The molecule has 0 aliphatic carbocycles. The van der Waals surface area contributed by atoms with Gasteiger partial charge in [-0.25, -0.2) is 4.79 Å². The summed E-state index contributed by atoms with van der Waals surface area (Å²) in [6.07, 6.45) is 4.40. The Morgan fingerprint density at radius 1 is 1.17 bits per heavy atom. The second kappa shape index (κ2) is 7.34. The first-order valence-electron chi connectivity index (χ1n) is 9.01. The molecule has 5 heteroatoms. The van der Waals surface area contributed by atoms with Crippen LogP contribution < -0.4 is 10.6 Å². The molecule has 2 N–H and O–H groups in total. The monoisotopic (exact) mass is 329 g/mol. The average Bonchev–Trinajstić information content (AvgIpc) is 2.88. The Kier molecular flexibility index (Phi) is 5.19. The van der Waals surface area contributed by atoms with E-state index in [-0.39, 0.29) is 11.9 Å². The predicted molar refractivity (Wildman–Crippen MR) is 93.8 cm³/mol. The van der Waals surface area contributed by atoms with Crippen molar-refractivity contribution in [2.24, 2.45) is 0 Å². The van der Waals surface area contributed by atoms with E-state index in [9.17, 15) is 9.59 Å². The molecule has 0 aromatic heterocycles. The number of carbonyl (C=O) groups is 2. The van der Waals surface area contributed by atoms with Crippen molar-refractivity contribution in [2.75, 3.05) is 13.1 Å². The first kappa shape index (κ1) is 17.0. The van der Waals surface area contributed by atoms with Crippen LogP contribution in [0.15, 0.2) is 24.3 Å². The molecular formula is C19H27N3O2. The first-order chi connectivity index (χ1) is 11.6. The molecule has 1 aromatic carbocycles. The summed E-state index contributed by atoms with van der Waals surface area (Å²) in [6.45, 7) is 5.80. The van der Waals surface area contributed by atoms with Gasteiger partial charge in [-0.05, 0) is 42.9 Å². The third-order valence-corrected chi connectivity index (χ3v) is 5.08. The van der Waals surface area contributed by atoms with Crippen LogP contribution in [0.2, 0.25) is 0 Å². The number of nitrogens with zero attached hydrogens (tertiary/aromatic N) is 1. The smallest absolute Gasteiger partial charge is 0.322 e. The SMILES string of the molecule is CC(C)c1ccc(C2NC(=O)N(CCC3CCCCN3)C2=O)cc1. The van der Waals surface area contributed by atoms with Gasteiger partial charge in [0.2, 0.25) is 0 Å². The number of nitrogens with one attached hydrogen (secondary N) is 2. The second-order valence-electron chi connectivity index (χ2n) is 7.13. The van der Waals surface area contributed by atoms with E-state index in [1.54, 1.807) is 0 Å². The van der Waals surface area contributed by atoms with Crippen LogP contribution in [-0.4, -0.2) is 36.0 Å². The Morgan fingerprint density at radius 3 is 2.54 bits per heavy atom. The van der Waals surface area contributed by atoms with Gasteiger partial charge in [-0.1, -0.05) is 44.5 Å². The fourth-order valence-electron chi connectivity index (χ4n) is 3.49. The molecule has 5 nitrogen and oxygen atoms in total. The third-order valence-electron chi connectivity index (χ3n) is 5.08. The topological polar surface area (TPSA) is 61.4 Å². The van der Waals surface area contributed by atoms with Gasteiger partial charge in [0.05, 0.1) is 0 Å². The minimum absolute atomic E-state index is 0.131. The Morgan fingerprint density at radius 2 is 1.92 bits per heavy atom. The van der Waals surface area contributed by atoms with E-state index in [4.69, 9.17) is 0 Å². The number of rotatable bonds is 5. The highest BCUT2D eigenvalue weighted by Gasteiger charge is 2.38. The standard InChI is InChI=1S/C19H27N3O2/c1-13(2)14-6-8-15(9-7-14)17-18(23)22(19(24)21-17)12-10-16-5-3-4-11-20-16/h6-9,13,16-17,20H,3-5,10-12H2,1-2H3,(H,21,24). The average molecular weight is 329 g/mol. The third kappa shape index (κ3) is 3.61. The molecule has 0 radical (unpaired) electrons. The van der Waals surface area contributed by atoms with Crippen LogP contribution in [0, 0.1) is 0 Å². The molecule has 0 saturated carbocycles. The zero-order chi connectivity index (χ0) is 17.1. The highest BCUT2D eigenvalue weighted by molar-refractivity contribution is 6.04. The van der Waals surface area contributed by atoms with Gasteiger partial charge in [-0.2, -0.15) is 0 Å². The van der Waals surface area contributed by atoms with Crippen molar-refractivity contribution in [3.63, 3.8) is 0 Å². The van der Waals surface area contributed by atoms with Crippen LogP contribution in [0.25, 0.3) is 0 Å². The van der Waals surface area contributed by atoms with Gasteiger partial charge in [0.25, 0.3) is 5.91 Å². The highest BCUT2D eigenvalue weighted by atomic mass is 16.2. The summed E-state index contributed by atoms with van der Waals surface area (Å²) in [7, 11) is 0. The summed E-state index contributed by atoms with van der Waals surface area (Å²) in [6, 6.07) is 7.58. The molecule has 1 aromatic rings. The van der Waals surface area contributed by atoms with Crippen molar-refractivity contribution >= 4 is 11.9 Å². The molecule has 3 rings (SSSR count). The van der Waals surface area contributed by atoms with Crippen LogP contribution in [0.1, 0.15) is 62.6 Å².